The summed E-state index contributed by atoms with van der Waals surface area (Å²) in [6, 6.07) is 4.29. The lowest BCUT2D eigenvalue weighted by atomic mass is 9.90. The van der Waals surface area contributed by atoms with Crippen molar-refractivity contribution in [2.24, 2.45) is 0 Å². The van der Waals surface area contributed by atoms with Gasteiger partial charge in [-0.1, -0.05) is 0 Å². The number of hydrogen-bond donors (Lipinski definition) is 1. The fourth-order valence-electron chi connectivity index (χ4n) is 2.79. The van der Waals surface area contributed by atoms with Crippen molar-refractivity contribution >= 4 is 11.8 Å². The number of nitrogens with one attached hydrogen (secondary N) is 1. The summed E-state index contributed by atoms with van der Waals surface area (Å²) in [5.74, 6) is 1.78. The van der Waals surface area contributed by atoms with Gasteiger partial charge in [0.25, 0.3) is 0 Å². The maximum atomic E-state index is 5.71. The topological polar surface area (TPSA) is 30.5 Å². The zero-order valence-electron chi connectivity index (χ0n) is 10.9. The van der Waals surface area contributed by atoms with E-state index in [0.717, 1.165) is 18.0 Å². The third-order valence-corrected chi connectivity index (χ3v) is 4.61. The van der Waals surface area contributed by atoms with E-state index in [1.165, 1.54) is 23.3 Å². The maximum absolute atomic E-state index is 5.71. The quantitative estimate of drug-likeness (QED) is 0.833. The molecule has 2 heterocycles. The first-order chi connectivity index (χ1) is 8.73. The molecule has 98 valence electrons. The molecule has 0 spiro atoms. The zero-order chi connectivity index (χ0) is 12.6. The van der Waals surface area contributed by atoms with Crippen molar-refractivity contribution in [2.75, 3.05) is 26.0 Å². The lowest BCUT2D eigenvalue weighted by Crippen LogP contribution is -2.34. The van der Waals surface area contributed by atoms with Crippen LogP contribution in [0.25, 0.3) is 0 Å². The lowest BCUT2D eigenvalue weighted by molar-refractivity contribution is 0.170. The van der Waals surface area contributed by atoms with Crippen molar-refractivity contribution in [3.05, 3.63) is 17.7 Å². The number of fused-ring (bicyclic) bond motifs is 1. The monoisotopic (exact) mass is 265 g/mol. The van der Waals surface area contributed by atoms with Gasteiger partial charge in [0, 0.05) is 10.4 Å². The van der Waals surface area contributed by atoms with Crippen LogP contribution in [0.5, 0.6) is 11.5 Å². The van der Waals surface area contributed by atoms with E-state index in [1.807, 2.05) is 0 Å². The van der Waals surface area contributed by atoms with Crippen LogP contribution in [0, 0.1) is 0 Å². The Labute approximate surface area is 112 Å². The highest BCUT2D eigenvalue weighted by atomic mass is 32.2. The summed E-state index contributed by atoms with van der Waals surface area (Å²) in [5.41, 5.74) is 1.42. The Morgan fingerprint density at radius 2 is 1.94 bits per heavy atom. The van der Waals surface area contributed by atoms with Crippen LogP contribution in [0.4, 0.5) is 0 Å². The van der Waals surface area contributed by atoms with E-state index in [1.54, 1.807) is 11.8 Å². The van der Waals surface area contributed by atoms with Gasteiger partial charge in [-0.05, 0) is 50.3 Å². The first kappa shape index (κ1) is 12.2. The summed E-state index contributed by atoms with van der Waals surface area (Å²) in [6.45, 7) is 4.68. The highest BCUT2D eigenvalue weighted by Crippen LogP contribution is 2.43. The summed E-state index contributed by atoms with van der Waals surface area (Å²) in [5, 5.41) is 3.62. The van der Waals surface area contributed by atoms with Crippen molar-refractivity contribution in [3.63, 3.8) is 0 Å². The molecule has 1 aromatic carbocycles. The average molecular weight is 265 g/mol. The van der Waals surface area contributed by atoms with E-state index in [2.05, 4.69) is 30.6 Å². The van der Waals surface area contributed by atoms with E-state index in [-0.39, 0.29) is 5.54 Å². The van der Waals surface area contributed by atoms with Crippen LogP contribution in [-0.4, -0.2) is 26.0 Å². The Bertz CT molecular complexity index is 455. The normalized spacial score (nSPS) is 26.3. The van der Waals surface area contributed by atoms with E-state index in [0.29, 0.717) is 13.2 Å². The van der Waals surface area contributed by atoms with Gasteiger partial charge in [0.1, 0.15) is 13.2 Å². The van der Waals surface area contributed by atoms with Gasteiger partial charge in [0.05, 0.1) is 0 Å². The second kappa shape index (κ2) is 4.67. The second-order valence-corrected chi connectivity index (χ2v) is 5.91. The zero-order valence-corrected chi connectivity index (χ0v) is 11.7. The molecule has 2 aliphatic heterocycles. The predicted molar refractivity (Wildman–Crippen MR) is 73.8 cm³/mol. The van der Waals surface area contributed by atoms with Gasteiger partial charge in [0.15, 0.2) is 11.5 Å². The lowest BCUT2D eigenvalue weighted by Gasteiger charge is -2.29. The maximum Gasteiger partial charge on any atom is 0.162 e. The van der Waals surface area contributed by atoms with Crippen LogP contribution in [0.3, 0.4) is 0 Å². The predicted octanol–water partition coefficient (Wildman–Crippen LogP) is 2.78. The number of thioether (sulfide) groups is 1. The third-order valence-electron chi connectivity index (χ3n) is 3.83. The Balaban J connectivity index is 2.07. The van der Waals surface area contributed by atoms with E-state index in [9.17, 15) is 0 Å². The van der Waals surface area contributed by atoms with E-state index >= 15 is 0 Å². The van der Waals surface area contributed by atoms with Gasteiger partial charge in [0.2, 0.25) is 0 Å². The summed E-state index contributed by atoms with van der Waals surface area (Å²) in [6.07, 6.45) is 4.53. The molecule has 1 unspecified atom stereocenters. The Morgan fingerprint density at radius 1 is 1.22 bits per heavy atom. The number of benzene rings is 1. The molecule has 1 aromatic rings. The molecule has 3 nitrogen and oxygen atoms in total. The molecule has 0 bridgehead atoms. The largest absolute Gasteiger partial charge is 0.486 e. The van der Waals surface area contributed by atoms with Crippen LogP contribution < -0.4 is 14.8 Å². The van der Waals surface area contributed by atoms with Gasteiger partial charge in [-0.25, -0.2) is 0 Å². The molecule has 1 saturated heterocycles. The summed E-state index contributed by atoms with van der Waals surface area (Å²) < 4.78 is 11.4. The van der Waals surface area contributed by atoms with Crippen LogP contribution >= 0.6 is 11.8 Å². The molecule has 3 rings (SSSR count). The molecule has 1 atom stereocenters. The van der Waals surface area contributed by atoms with Crippen molar-refractivity contribution in [1.82, 2.24) is 5.32 Å². The Hall–Kier alpha value is -0.870. The highest BCUT2D eigenvalue weighted by molar-refractivity contribution is 7.98. The molecule has 0 aromatic heterocycles. The first-order valence-electron chi connectivity index (χ1n) is 6.46. The molecule has 18 heavy (non-hydrogen) atoms. The molecule has 2 aliphatic rings. The standard InChI is InChI=1S/C14H19NO2S/c1-14(4-3-5-15-14)10-8-11-12(9-13(10)18-2)17-7-6-16-11/h8-9,15H,3-7H2,1-2H3. The van der Waals surface area contributed by atoms with Crippen molar-refractivity contribution < 1.29 is 9.47 Å². The van der Waals surface area contributed by atoms with E-state index < -0.39 is 0 Å². The van der Waals surface area contributed by atoms with Crippen LogP contribution in [0.15, 0.2) is 17.0 Å². The van der Waals surface area contributed by atoms with Gasteiger partial charge >= 0.3 is 0 Å². The van der Waals surface area contributed by atoms with Gasteiger partial charge < -0.3 is 14.8 Å². The van der Waals surface area contributed by atoms with E-state index in [4.69, 9.17) is 9.47 Å². The number of hydrogen-bond acceptors (Lipinski definition) is 4. The van der Waals surface area contributed by atoms with Crippen molar-refractivity contribution in [1.29, 1.82) is 0 Å². The average Bonchev–Trinajstić information content (AvgIpc) is 2.85. The SMILES string of the molecule is CSc1cc2c(cc1C1(C)CCCN1)OCCO2. The van der Waals surface area contributed by atoms with Gasteiger partial charge in [-0.3, -0.25) is 0 Å². The summed E-state index contributed by atoms with van der Waals surface area (Å²) in [4.78, 5) is 1.29. The van der Waals surface area contributed by atoms with Gasteiger partial charge in [-0.15, -0.1) is 11.8 Å². The second-order valence-electron chi connectivity index (χ2n) is 5.06. The van der Waals surface area contributed by atoms with Crippen LogP contribution in [0.1, 0.15) is 25.3 Å². The smallest absolute Gasteiger partial charge is 0.162 e. The Kier molecular flexibility index (Phi) is 3.16. The molecule has 4 heteroatoms. The molecule has 0 aliphatic carbocycles. The molecular weight excluding hydrogens is 246 g/mol. The molecule has 1 fully saturated rings. The van der Waals surface area contributed by atoms with Crippen LogP contribution in [0.2, 0.25) is 0 Å². The summed E-state index contributed by atoms with van der Waals surface area (Å²) >= 11 is 1.78. The molecule has 0 saturated carbocycles. The van der Waals surface area contributed by atoms with Crippen molar-refractivity contribution in [3.8, 4) is 11.5 Å². The van der Waals surface area contributed by atoms with Crippen LogP contribution in [-0.2, 0) is 5.54 Å². The molecule has 0 amide bonds. The fraction of sp³-hybridized carbons (Fsp3) is 0.571. The summed E-state index contributed by atoms with van der Waals surface area (Å²) in [7, 11) is 0. The first-order valence-corrected chi connectivity index (χ1v) is 7.68. The number of rotatable bonds is 2. The minimum atomic E-state index is 0.0776. The fourth-order valence-corrected chi connectivity index (χ4v) is 3.52. The molecular formula is C14H19NO2S. The number of ether oxygens (including phenoxy) is 2. The minimum Gasteiger partial charge on any atom is -0.486 e. The highest BCUT2D eigenvalue weighted by Gasteiger charge is 2.33. The molecule has 1 N–H and O–H groups in total. The molecule has 0 radical (unpaired) electrons. The van der Waals surface area contributed by atoms with Gasteiger partial charge in [-0.2, -0.15) is 0 Å². The van der Waals surface area contributed by atoms with Crippen molar-refractivity contribution in [2.45, 2.75) is 30.2 Å². The third kappa shape index (κ3) is 1.97. The minimum absolute atomic E-state index is 0.0776. The Morgan fingerprint density at radius 3 is 2.56 bits per heavy atom.